The van der Waals surface area contributed by atoms with Crippen molar-refractivity contribution in [1.29, 1.82) is 0 Å². The van der Waals surface area contributed by atoms with E-state index in [1.807, 2.05) is 41.5 Å². The third-order valence-electron chi connectivity index (χ3n) is 7.19. The highest BCUT2D eigenvalue weighted by molar-refractivity contribution is 5.88. The van der Waals surface area contributed by atoms with Gasteiger partial charge in [-0.25, -0.2) is 0 Å². The lowest BCUT2D eigenvalue weighted by molar-refractivity contribution is 0.122. The first kappa shape index (κ1) is 41.8. The molecule has 0 aliphatic rings. The fourth-order valence-electron chi connectivity index (χ4n) is 5.19. The van der Waals surface area contributed by atoms with Crippen molar-refractivity contribution in [3.63, 3.8) is 0 Å². The first-order valence-corrected chi connectivity index (χ1v) is 14.5. The lowest BCUT2D eigenvalue weighted by atomic mass is 9.95. The predicted octanol–water partition coefficient (Wildman–Crippen LogP) is 4.11. The van der Waals surface area contributed by atoms with Crippen LogP contribution in [0.3, 0.4) is 0 Å². The summed E-state index contributed by atoms with van der Waals surface area (Å²) >= 11 is 0. The van der Waals surface area contributed by atoms with E-state index < -0.39 is 12.2 Å². The number of H-pyrrole nitrogens is 2. The lowest BCUT2D eigenvalue weighted by Gasteiger charge is -2.26. The number of aliphatic hydroxyl groups is 2. The molecule has 0 aliphatic heterocycles. The van der Waals surface area contributed by atoms with Gasteiger partial charge < -0.3 is 46.5 Å². The average molecular weight is 672 g/mol. The van der Waals surface area contributed by atoms with Crippen LogP contribution in [0, 0.1) is 0 Å². The highest BCUT2D eigenvalue weighted by Gasteiger charge is 2.23. The van der Waals surface area contributed by atoms with Crippen molar-refractivity contribution < 1.29 is 25.9 Å². The molecule has 252 valence electrons. The number of aromatic nitrogens is 2. The molecule has 0 saturated carbocycles. The van der Waals surface area contributed by atoms with Gasteiger partial charge in [-0.15, -0.1) is 24.8 Å². The Hall–Kier alpha value is -3.16. The fourth-order valence-corrected chi connectivity index (χ4v) is 5.19. The number of aromatic hydroxyl groups is 2. The molecule has 0 radical (unpaired) electrons. The third kappa shape index (κ3) is 10.4. The highest BCUT2D eigenvalue weighted by Crippen LogP contribution is 2.32. The van der Waals surface area contributed by atoms with Gasteiger partial charge in [-0.2, -0.15) is 0 Å². The quantitative estimate of drug-likeness (QED) is 0.123. The number of hydrogen-bond donors (Lipinski definition) is 8. The Labute approximate surface area is 275 Å². The van der Waals surface area contributed by atoms with Crippen molar-refractivity contribution in [1.82, 2.24) is 20.6 Å². The highest BCUT2D eigenvalue weighted by atomic mass is 35.5. The average Bonchev–Trinajstić information content (AvgIpc) is 2.95. The minimum atomic E-state index is -0.716. The summed E-state index contributed by atoms with van der Waals surface area (Å²) in [5.41, 5.74) is 1.54. The molecular weight excluding hydrogens is 623 g/mol. The van der Waals surface area contributed by atoms with Crippen molar-refractivity contribution in [2.75, 3.05) is 0 Å². The molecule has 45 heavy (non-hydrogen) atoms. The molecule has 2 aromatic heterocycles. The number of rotatable bonds is 10. The Morgan fingerprint density at radius 3 is 1.24 bits per heavy atom. The molecule has 2 heterocycles. The summed E-state index contributed by atoms with van der Waals surface area (Å²) in [5, 5.41) is 49.0. The largest absolute Gasteiger partial charge is 0.506 e. The molecule has 10 N–H and O–H groups in total. The van der Waals surface area contributed by atoms with Crippen LogP contribution in [0.1, 0.15) is 77.7 Å². The molecule has 0 spiro atoms. The van der Waals surface area contributed by atoms with E-state index in [0.29, 0.717) is 32.9 Å². The summed E-state index contributed by atoms with van der Waals surface area (Å²) in [6.07, 6.45) is 0.105. The monoisotopic (exact) mass is 670 g/mol. The molecule has 4 aromatic rings. The first-order valence-electron chi connectivity index (χ1n) is 14.5. The number of aromatic amines is 2. The second-order valence-corrected chi connectivity index (χ2v) is 11.1. The van der Waals surface area contributed by atoms with Crippen molar-refractivity contribution in [3.05, 3.63) is 80.4 Å². The molecule has 13 heteroatoms. The van der Waals surface area contributed by atoms with Crippen LogP contribution in [0.4, 0.5) is 0 Å². The Morgan fingerprint density at radius 1 is 0.622 bits per heavy atom. The summed E-state index contributed by atoms with van der Waals surface area (Å²) < 4.78 is 0. The number of aliphatic hydroxyl groups excluding tert-OH is 2. The van der Waals surface area contributed by atoms with Gasteiger partial charge in [0.1, 0.15) is 11.5 Å². The van der Waals surface area contributed by atoms with Crippen molar-refractivity contribution >= 4 is 46.6 Å². The Balaban J connectivity index is 0.000000807. The number of fused-ring (bicyclic) bond motifs is 2. The van der Waals surface area contributed by atoms with Gasteiger partial charge in [0.15, 0.2) is 0 Å². The van der Waals surface area contributed by atoms with Crippen molar-refractivity contribution in [3.8, 4) is 11.5 Å². The predicted molar refractivity (Wildman–Crippen MR) is 185 cm³/mol. The van der Waals surface area contributed by atoms with Crippen LogP contribution >= 0.6 is 24.8 Å². The smallest absolute Gasteiger partial charge is 0.248 e. The number of halogens is 2. The normalized spacial score (nSPS) is 13.6. The van der Waals surface area contributed by atoms with E-state index >= 15 is 0 Å². The number of pyridine rings is 2. The Morgan fingerprint density at radius 2 is 0.956 bits per heavy atom. The number of nitrogens with one attached hydrogen (secondary N) is 4. The molecule has 4 atom stereocenters. The summed E-state index contributed by atoms with van der Waals surface area (Å²) in [4.78, 5) is 28.0. The minimum Gasteiger partial charge on any atom is -0.506 e. The van der Waals surface area contributed by atoms with E-state index in [1.54, 1.807) is 24.3 Å². The molecule has 0 aliphatic carbocycles. The van der Waals surface area contributed by atoms with Gasteiger partial charge in [-0.05, 0) is 48.2 Å². The van der Waals surface area contributed by atoms with Crippen LogP contribution in [0.15, 0.2) is 58.1 Å². The maximum atomic E-state index is 11.4. The summed E-state index contributed by atoms with van der Waals surface area (Å²) in [7, 11) is 0. The second-order valence-electron chi connectivity index (χ2n) is 11.1. The number of phenols is 2. The maximum absolute atomic E-state index is 11.4. The molecule has 11 nitrogen and oxygen atoms in total. The molecule has 0 saturated heterocycles. The van der Waals surface area contributed by atoms with Gasteiger partial charge in [0, 0.05) is 47.1 Å². The molecular formula is C32H48Cl2N4O7. The van der Waals surface area contributed by atoms with Gasteiger partial charge in [-0.3, -0.25) is 9.59 Å². The summed E-state index contributed by atoms with van der Waals surface area (Å²) in [6.45, 7) is 12.1. The van der Waals surface area contributed by atoms with Crippen LogP contribution in [-0.4, -0.2) is 60.0 Å². The third-order valence-corrected chi connectivity index (χ3v) is 7.19. The molecule has 0 unspecified atom stereocenters. The Kier molecular flexibility index (Phi) is 17.4. The van der Waals surface area contributed by atoms with Crippen LogP contribution in [-0.2, 0) is 0 Å². The van der Waals surface area contributed by atoms with Crippen LogP contribution in [0.2, 0.25) is 0 Å². The van der Waals surface area contributed by atoms with E-state index in [-0.39, 0.29) is 77.1 Å². The van der Waals surface area contributed by atoms with Gasteiger partial charge in [-0.1, -0.05) is 53.7 Å². The number of benzene rings is 2. The molecule has 0 amide bonds. The van der Waals surface area contributed by atoms with Gasteiger partial charge >= 0.3 is 0 Å². The zero-order valence-corrected chi connectivity index (χ0v) is 28.1. The summed E-state index contributed by atoms with van der Waals surface area (Å²) in [6, 6.07) is 12.8. The van der Waals surface area contributed by atoms with Crippen molar-refractivity contribution in [2.24, 2.45) is 0 Å². The Bertz CT molecular complexity index is 1490. The molecule has 2 aromatic carbocycles. The fraction of sp³-hybridized carbons (Fsp3) is 0.438. The van der Waals surface area contributed by atoms with Crippen molar-refractivity contribution in [2.45, 2.75) is 90.8 Å². The van der Waals surface area contributed by atoms with Crippen LogP contribution < -0.4 is 21.8 Å². The molecule has 0 bridgehead atoms. The maximum Gasteiger partial charge on any atom is 0.248 e. The van der Waals surface area contributed by atoms with Gasteiger partial charge in [0.05, 0.1) is 23.2 Å². The standard InChI is InChI=1S/2C16H22N2O3.2ClH.H2O/c2*1-4-12(17-9(2)3)16(21)11-5-7-13(19)15-10(11)6-8-14(20)18-15;;;/h2*5-9,12,16-17,19,21H,4H2,1-3H3,(H,18,20);2*1H;1H2/t2*12-,16+;;;/m00.../s1. The van der Waals surface area contributed by atoms with E-state index in [0.717, 1.165) is 12.8 Å². The van der Waals surface area contributed by atoms with Gasteiger partial charge in [0.25, 0.3) is 0 Å². The van der Waals surface area contributed by atoms with Crippen LogP contribution in [0.5, 0.6) is 11.5 Å². The van der Waals surface area contributed by atoms with E-state index in [9.17, 15) is 30.0 Å². The SMILES string of the molecule is CC[C@H](NC(C)C)[C@H](O)c1ccc(O)c2[nH]c(=O)ccc12.CC[C@H](NC(C)C)[C@H](O)c1ccc(O)c2[nH]c(=O)ccc12.Cl.Cl.O. The summed E-state index contributed by atoms with van der Waals surface area (Å²) in [5.74, 6) is 0.00651. The zero-order valence-electron chi connectivity index (χ0n) is 26.4. The number of hydrogen-bond acceptors (Lipinski definition) is 8. The van der Waals surface area contributed by atoms with Gasteiger partial charge in [0.2, 0.25) is 11.1 Å². The minimum absolute atomic E-state index is 0. The molecule has 4 rings (SSSR count). The lowest BCUT2D eigenvalue weighted by Crippen LogP contribution is -2.39. The number of phenolic OH excluding ortho intramolecular Hbond substituents is 2. The zero-order chi connectivity index (χ0) is 31.1. The molecule has 0 fully saturated rings. The van der Waals surface area contributed by atoms with E-state index in [1.165, 1.54) is 24.3 Å². The topological polar surface area (TPSA) is 202 Å². The van der Waals surface area contributed by atoms with E-state index in [4.69, 9.17) is 0 Å². The second kappa shape index (κ2) is 18.7. The first-order chi connectivity index (χ1) is 19.9. The van der Waals surface area contributed by atoms with E-state index in [2.05, 4.69) is 20.6 Å². The van der Waals surface area contributed by atoms with Crippen LogP contribution in [0.25, 0.3) is 21.8 Å².